The summed E-state index contributed by atoms with van der Waals surface area (Å²) < 4.78 is 5.49. The van der Waals surface area contributed by atoms with E-state index < -0.39 is 0 Å². The number of pyridine rings is 1. The van der Waals surface area contributed by atoms with Gasteiger partial charge in [-0.3, -0.25) is 4.98 Å². The van der Waals surface area contributed by atoms with Crippen LogP contribution in [-0.2, 0) is 0 Å². The molecular weight excluding hydrogens is 178 g/mol. The summed E-state index contributed by atoms with van der Waals surface area (Å²) in [7, 11) is 0. The number of aromatic nitrogens is 3. The van der Waals surface area contributed by atoms with Crippen molar-refractivity contribution in [3.8, 4) is 5.75 Å². The van der Waals surface area contributed by atoms with E-state index in [1.54, 1.807) is 18.6 Å². The molecule has 0 aliphatic carbocycles. The Hall–Kier alpha value is -1.71. The van der Waals surface area contributed by atoms with Gasteiger partial charge in [-0.2, -0.15) is 0 Å². The van der Waals surface area contributed by atoms with E-state index in [0.29, 0.717) is 5.65 Å². The van der Waals surface area contributed by atoms with Gasteiger partial charge in [0.05, 0.1) is 12.3 Å². The van der Waals surface area contributed by atoms with Crippen LogP contribution in [-0.4, -0.2) is 21.1 Å². The molecule has 0 bridgehead atoms. The summed E-state index contributed by atoms with van der Waals surface area (Å²) in [4.78, 5) is 12.4. The normalized spacial score (nSPS) is 10.8. The van der Waals surface area contributed by atoms with Gasteiger partial charge in [0.1, 0.15) is 11.3 Å². The Morgan fingerprint density at radius 2 is 1.93 bits per heavy atom. The predicted molar refractivity (Wildman–Crippen MR) is 53.1 cm³/mol. The summed E-state index contributed by atoms with van der Waals surface area (Å²) in [6, 6.07) is 1.84. The third-order valence-corrected chi connectivity index (χ3v) is 1.67. The second-order valence-corrected chi connectivity index (χ2v) is 3.24. The van der Waals surface area contributed by atoms with Crippen molar-refractivity contribution in [3.05, 3.63) is 24.7 Å². The first kappa shape index (κ1) is 8.87. The van der Waals surface area contributed by atoms with Gasteiger partial charge in [0, 0.05) is 18.5 Å². The number of ether oxygens (including phenoxy) is 1. The molecule has 4 heteroatoms. The van der Waals surface area contributed by atoms with Gasteiger partial charge < -0.3 is 4.74 Å². The minimum atomic E-state index is 0.144. The quantitative estimate of drug-likeness (QED) is 0.722. The molecule has 0 atom stereocenters. The van der Waals surface area contributed by atoms with Crippen molar-refractivity contribution >= 4 is 11.2 Å². The van der Waals surface area contributed by atoms with Gasteiger partial charge in [-0.25, -0.2) is 9.97 Å². The number of hydrogen-bond acceptors (Lipinski definition) is 4. The van der Waals surface area contributed by atoms with Crippen LogP contribution in [0.1, 0.15) is 13.8 Å². The molecule has 0 spiro atoms. The topological polar surface area (TPSA) is 47.9 Å². The van der Waals surface area contributed by atoms with E-state index in [9.17, 15) is 0 Å². The maximum absolute atomic E-state index is 5.49. The molecule has 0 aliphatic heterocycles. The molecule has 2 aromatic rings. The molecule has 2 aromatic heterocycles. The SMILES string of the molecule is CC(C)Oc1cnc2nccnc2c1. The summed E-state index contributed by atoms with van der Waals surface area (Å²) in [5.41, 5.74) is 1.40. The van der Waals surface area contributed by atoms with Crippen molar-refractivity contribution in [2.45, 2.75) is 20.0 Å². The summed E-state index contributed by atoms with van der Waals surface area (Å²) in [6.45, 7) is 3.95. The van der Waals surface area contributed by atoms with Crippen molar-refractivity contribution in [3.63, 3.8) is 0 Å². The second-order valence-electron chi connectivity index (χ2n) is 3.24. The van der Waals surface area contributed by atoms with Crippen LogP contribution in [0.3, 0.4) is 0 Å². The largest absolute Gasteiger partial charge is 0.489 e. The van der Waals surface area contributed by atoms with Gasteiger partial charge in [0.15, 0.2) is 5.65 Å². The molecule has 2 rings (SSSR count). The van der Waals surface area contributed by atoms with E-state index in [-0.39, 0.29) is 6.10 Å². The molecule has 2 heterocycles. The summed E-state index contributed by atoms with van der Waals surface area (Å²) in [5.74, 6) is 0.730. The van der Waals surface area contributed by atoms with E-state index in [1.807, 2.05) is 19.9 Å². The zero-order valence-electron chi connectivity index (χ0n) is 8.14. The molecule has 4 nitrogen and oxygen atoms in total. The number of nitrogens with zero attached hydrogens (tertiary/aromatic N) is 3. The number of fused-ring (bicyclic) bond motifs is 1. The first-order valence-corrected chi connectivity index (χ1v) is 4.49. The average Bonchev–Trinajstić information content (AvgIpc) is 2.17. The van der Waals surface area contributed by atoms with Gasteiger partial charge in [0.25, 0.3) is 0 Å². The van der Waals surface area contributed by atoms with Crippen LogP contribution in [0.5, 0.6) is 5.75 Å². The monoisotopic (exact) mass is 189 g/mol. The molecule has 0 saturated carbocycles. The van der Waals surface area contributed by atoms with Gasteiger partial charge in [-0.05, 0) is 13.8 Å². The molecule has 0 saturated heterocycles. The summed E-state index contributed by atoms with van der Waals surface area (Å²) in [6.07, 6.45) is 5.07. The maximum atomic E-state index is 5.49. The first-order valence-electron chi connectivity index (χ1n) is 4.49. The van der Waals surface area contributed by atoms with E-state index in [2.05, 4.69) is 15.0 Å². The Bertz CT molecular complexity index is 442. The van der Waals surface area contributed by atoms with E-state index in [0.717, 1.165) is 11.3 Å². The summed E-state index contributed by atoms with van der Waals surface area (Å²) >= 11 is 0. The molecule has 0 unspecified atom stereocenters. The summed E-state index contributed by atoms with van der Waals surface area (Å²) in [5, 5.41) is 0. The van der Waals surface area contributed by atoms with Crippen molar-refractivity contribution in [1.29, 1.82) is 0 Å². The van der Waals surface area contributed by atoms with Crippen molar-refractivity contribution in [1.82, 2.24) is 15.0 Å². The highest BCUT2D eigenvalue weighted by molar-refractivity contribution is 5.70. The van der Waals surface area contributed by atoms with Gasteiger partial charge >= 0.3 is 0 Å². The number of hydrogen-bond donors (Lipinski definition) is 0. The lowest BCUT2D eigenvalue weighted by Gasteiger charge is -2.08. The fourth-order valence-electron chi connectivity index (χ4n) is 1.18. The van der Waals surface area contributed by atoms with Crippen LogP contribution in [0.25, 0.3) is 11.2 Å². The molecular formula is C10H11N3O. The lowest BCUT2D eigenvalue weighted by Crippen LogP contribution is -2.05. The highest BCUT2D eigenvalue weighted by Crippen LogP contribution is 2.15. The fraction of sp³-hybridized carbons (Fsp3) is 0.300. The van der Waals surface area contributed by atoms with E-state index in [1.165, 1.54) is 0 Å². The first-order chi connectivity index (χ1) is 6.75. The van der Waals surface area contributed by atoms with Crippen LogP contribution in [0.15, 0.2) is 24.7 Å². The molecule has 14 heavy (non-hydrogen) atoms. The van der Waals surface area contributed by atoms with Crippen LogP contribution in [0, 0.1) is 0 Å². The average molecular weight is 189 g/mol. The Balaban J connectivity index is 2.41. The lowest BCUT2D eigenvalue weighted by molar-refractivity contribution is 0.242. The Morgan fingerprint density at radius 1 is 1.14 bits per heavy atom. The van der Waals surface area contributed by atoms with E-state index >= 15 is 0 Å². The van der Waals surface area contributed by atoms with Crippen LogP contribution in [0.2, 0.25) is 0 Å². The van der Waals surface area contributed by atoms with E-state index in [4.69, 9.17) is 4.74 Å². The minimum Gasteiger partial charge on any atom is -0.489 e. The smallest absolute Gasteiger partial charge is 0.178 e. The standard InChI is InChI=1S/C10H11N3O/c1-7(2)14-8-5-9-10(13-6-8)12-4-3-11-9/h3-7H,1-2H3. The van der Waals surface area contributed by atoms with Crippen LogP contribution < -0.4 is 4.74 Å². The third-order valence-electron chi connectivity index (χ3n) is 1.67. The molecule has 72 valence electrons. The lowest BCUT2D eigenvalue weighted by atomic mass is 10.4. The third kappa shape index (κ3) is 1.79. The van der Waals surface area contributed by atoms with Crippen molar-refractivity contribution < 1.29 is 4.74 Å². The van der Waals surface area contributed by atoms with Gasteiger partial charge in [-0.15, -0.1) is 0 Å². The van der Waals surface area contributed by atoms with Crippen molar-refractivity contribution in [2.24, 2.45) is 0 Å². The molecule has 0 N–H and O–H groups in total. The minimum absolute atomic E-state index is 0.144. The Morgan fingerprint density at radius 3 is 2.71 bits per heavy atom. The highest BCUT2D eigenvalue weighted by atomic mass is 16.5. The zero-order chi connectivity index (χ0) is 9.97. The van der Waals surface area contributed by atoms with Crippen molar-refractivity contribution in [2.75, 3.05) is 0 Å². The zero-order valence-corrected chi connectivity index (χ0v) is 8.14. The number of rotatable bonds is 2. The van der Waals surface area contributed by atoms with Crippen LogP contribution in [0.4, 0.5) is 0 Å². The predicted octanol–water partition coefficient (Wildman–Crippen LogP) is 1.81. The molecule has 0 fully saturated rings. The molecule has 0 aliphatic rings. The van der Waals surface area contributed by atoms with Gasteiger partial charge in [0.2, 0.25) is 0 Å². The molecule has 0 amide bonds. The second kappa shape index (κ2) is 3.57. The molecule has 0 aromatic carbocycles. The Labute approximate surface area is 82.0 Å². The molecule has 0 radical (unpaired) electrons. The maximum Gasteiger partial charge on any atom is 0.178 e. The van der Waals surface area contributed by atoms with Crippen LogP contribution >= 0.6 is 0 Å². The highest BCUT2D eigenvalue weighted by Gasteiger charge is 2.01. The Kier molecular flexibility index (Phi) is 2.26. The van der Waals surface area contributed by atoms with Gasteiger partial charge in [-0.1, -0.05) is 0 Å². The fourth-order valence-corrected chi connectivity index (χ4v) is 1.18.